The van der Waals surface area contributed by atoms with Crippen molar-refractivity contribution in [1.29, 1.82) is 0 Å². The third-order valence-electron chi connectivity index (χ3n) is 5.12. The Morgan fingerprint density at radius 1 is 1.00 bits per heavy atom. The summed E-state index contributed by atoms with van der Waals surface area (Å²) in [4.78, 5) is 17.0. The maximum atomic E-state index is 5.94. The van der Waals surface area contributed by atoms with Gasteiger partial charge in [0.05, 0.1) is 32.8 Å². The Morgan fingerprint density at radius 2 is 1.73 bits per heavy atom. The number of quaternary nitrogens is 1. The maximum Gasteiger partial charge on any atom is 0.232 e. The first-order chi connectivity index (χ1) is 14.7. The molecule has 1 aromatic heterocycles. The van der Waals surface area contributed by atoms with Crippen LogP contribution in [-0.2, 0) is 6.54 Å². The van der Waals surface area contributed by atoms with Crippen molar-refractivity contribution in [1.82, 2.24) is 15.0 Å². The molecule has 0 spiro atoms. The van der Waals surface area contributed by atoms with Crippen molar-refractivity contribution >= 4 is 23.3 Å². The molecule has 3 aromatic rings. The van der Waals surface area contributed by atoms with Gasteiger partial charge in [0.15, 0.2) is 5.82 Å². The van der Waals surface area contributed by atoms with Gasteiger partial charge in [-0.15, -0.1) is 0 Å². The molecular weight excluding hydrogens is 378 g/mol. The zero-order valence-corrected chi connectivity index (χ0v) is 17.2. The highest BCUT2D eigenvalue weighted by Gasteiger charge is 2.21. The number of ether oxygens (including phenoxy) is 1. The van der Waals surface area contributed by atoms with E-state index >= 15 is 0 Å². The monoisotopic (exact) mass is 406 g/mol. The van der Waals surface area contributed by atoms with E-state index in [2.05, 4.69) is 55.5 Å². The molecule has 8 nitrogen and oxygen atoms in total. The Morgan fingerprint density at radius 3 is 2.43 bits per heavy atom. The van der Waals surface area contributed by atoms with Gasteiger partial charge in [0.1, 0.15) is 12.3 Å². The smallest absolute Gasteiger partial charge is 0.232 e. The molecule has 4 rings (SSSR count). The Labute approximate surface area is 176 Å². The van der Waals surface area contributed by atoms with Gasteiger partial charge in [0, 0.05) is 11.4 Å². The molecule has 2 heterocycles. The molecule has 0 unspecified atom stereocenters. The Kier molecular flexibility index (Phi) is 6.24. The van der Waals surface area contributed by atoms with Crippen molar-refractivity contribution in [3.8, 4) is 5.75 Å². The Balaban J connectivity index is 1.36. The Bertz CT molecular complexity index is 941. The number of piperazine rings is 1. The van der Waals surface area contributed by atoms with Crippen LogP contribution in [0.5, 0.6) is 5.75 Å². The highest BCUT2D eigenvalue weighted by Crippen LogP contribution is 2.18. The second-order valence-corrected chi connectivity index (χ2v) is 7.27. The van der Waals surface area contributed by atoms with Crippen LogP contribution in [0.3, 0.4) is 0 Å². The van der Waals surface area contributed by atoms with E-state index in [-0.39, 0.29) is 5.95 Å². The van der Waals surface area contributed by atoms with Gasteiger partial charge in [-0.05, 0) is 43.3 Å². The number of para-hydroxylation sites is 1. The van der Waals surface area contributed by atoms with Gasteiger partial charge in [0.2, 0.25) is 11.9 Å². The molecule has 156 valence electrons. The van der Waals surface area contributed by atoms with Gasteiger partial charge >= 0.3 is 0 Å². The molecule has 0 aliphatic carbocycles. The van der Waals surface area contributed by atoms with E-state index in [0.717, 1.165) is 44.2 Å². The van der Waals surface area contributed by atoms with Gasteiger partial charge in [-0.25, -0.2) is 0 Å². The van der Waals surface area contributed by atoms with Crippen LogP contribution in [0.2, 0.25) is 0 Å². The SMILES string of the molecule is CCOc1ccc(Nc2nc(N)nc(C[NH+]3CCN(c4ccccc4)CC3)n2)cc1. The number of hydrogen-bond acceptors (Lipinski definition) is 7. The zero-order chi connectivity index (χ0) is 20.8. The van der Waals surface area contributed by atoms with Gasteiger partial charge in [-0.1, -0.05) is 18.2 Å². The second kappa shape index (κ2) is 9.41. The van der Waals surface area contributed by atoms with Crippen molar-refractivity contribution in [3.63, 3.8) is 0 Å². The molecule has 4 N–H and O–H groups in total. The summed E-state index contributed by atoms with van der Waals surface area (Å²) >= 11 is 0. The van der Waals surface area contributed by atoms with Crippen LogP contribution in [0, 0.1) is 0 Å². The molecule has 8 heteroatoms. The van der Waals surface area contributed by atoms with Gasteiger partial charge in [0.25, 0.3) is 0 Å². The summed E-state index contributed by atoms with van der Waals surface area (Å²) in [6.45, 7) is 7.42. The van der Waals surface area contributed by atoms with Crippen molar-refractivity contribution in [3.05, 3.63) is 60.4 Å². The lowest BCUT2D eigenvalue weighted by atomic mass is 10.2. The quantitative estimate of drug-likeness (QED) is 0.547. The van der Waals surface area contributed by atoms with Crippen molar-refractivity contribution in [2.24, 2.45) is 0 Å². The molecule has 1 fully saturated rings. The average Bonchev–Trinajstić information content (AvgIpc) is 2.76. The lowest BCUT2D eigenvalue weighted by molar-refractivity contribution is -0.915. The average molecular weight is 407 g/mol. The van der Waals surface area contributed by atoms with Crippen LogP contribution in [0.1, 0.15) is 12.7 Å². The lowest BCUT2D eigenvalue weighted by Crippen LogP contribution is -3.13. The molecule has 1 aliphatic rings. The van der Waals surface area contributed by atoms with Crippen molar-refractivity contribution in [2.75, 3.05) is 48.7 Å². The summed E-state index contributed by atoms with van der Waals surface area (Å²) in [5.74, 6) is 2.23. The van der Waals surface area contributed by atoms with Crippen LogP contribution in [0.4, 0.5) is 23.3 Å². The maximum absolute atomic E-state index is 5.94. The van der Waals surface area contributed by atoms with E-state index in [0.29, 0.717) is 18.4 Å². The van der Waals surface area contributed by atoms with Gasteiger partial charge < -0.3 is 25.6 Å². The number of anilines is 4. The van der Waals surface area contributed by atoms with E-state index < -0.39 is 0 Å². The third kappa shape index (κ3) is 5.15. The predicted octanol–water partition coefficient (Wildman–Crippen LogP) is 1.50. The number of rotatable bonds is 7. The van der Waals surface area contributed by atoms with Gasteiger partial charge in [-0.2, -0.15) is 15.0 Å². The fourth-order valence-corrected chi connectivity index (χ4v) is 3.62. The number of nitrogens with zero attached hydrogens (tertiary/aromatic N) is 4. The van der Waals surface area contributed by atoms with E-state index in [1.807, 2.05) is 31.2 Å². The van der Waals surface area contributed by atoms with Crippen LogP contribution >= 0.6 is 0 Å². The van der Waals surface area contributed by atoms with Crippen LogP contribution in [0.25, 0.3) is 0 Å². The van der Waals surface area contributed by atoms with Crippen molar-refractivity contribution in [2.45, 2.75) is 13.5 Å². The molecule has 0 radical (unpaired) electrons. The Hall–Kier alpha value is -3.39. The van der Waals surface area contributed by atoms with E-state index in [1.54, 1.807) is 0 Å². The molecule has 0 atom stereocenters. The first-order valence-electron chi connectivity index (χ1n) is 10.3. The largest absolute Gasteiger partial charge is 0.494 e. The van der Waals surface area contributed by atoms with Crippen LogP contribution in [-0.4, -0.2) is 47.7 Å². The molecule has 0 bridgehead atoms. The minimum atomic E-state index is 0.232. The minimum Gasteiger partial charge on any atom is -0.494 e. The number of hydrogen-bond donors (Lipinski definition) is 3. The fourth-order valence-electron chi connectivity index (χ4n) is 3.62. The first kappa shape index (κ1) is 19.9. The number of nitrogens with one attached hydrogen (secondary N) is 2. The van der Waals surface area contributed by atoms with E-state index in [4.69, 9.17) is 10.5 Å². The van der Waals surface area contributed by atoms with Crippen molar-refractivity contribution < 1.29 is 9.64 Å². The summed E-state index contributed by atoms with van der Waals surface area (Å²) in [5, 5.41) is 3.20. The molecule has 2 aromatic carbocycles. The molecule has 0 amide bonds. The summed E-state index contributed by atoms with van der Waals surface area (Å²) in [5.41, 5.74) is 8.09. The predicted molar refractivity (Wildman–Crippen MR) is 118 cm³/mol. The summed E-state index contributed by atoms with van der Waals surface area (Å²) < 4.78 is 5.47. The third-order valence-corrected chi connectivity index (χ3v) is 5.12. The van der Waals surface area contributed by atoms with Gasteiger partial charge in [-0.3, -0.25) is 0 Å². The number of benzene rings is 2. The standard InChI is InChI=1S/C22H27N7O/c1-2-30-19-10-8-17(9-11-19)24-22-26-20(25-21(23)27-22)16-28-12-14-29(15-13-28)18-6-4-3-5-7-18/h3-11H,2,12-16H2,1H3,(H3,23,24,25,26,27)/p+1. The second-order valence-electron chi connectivity index (χ2n) is 7.27. The topological polar surface area (TPSA) is 93.6 Å². The number of nitrogens with two attached hydrogens (primary N) is 1. The normalized spacial score (nSPS) is 14.5. The first-order valence-corrected chi connectivity index (χ1v) is 10.3. The van der Waals surface area contributed by atoms with Crippen LogP contribution in [0.15, 0.2) is 54.6 Å². The zero-order valence-electron chi connectivity index (χ0n) is 17.2. The summed E-state index contributed by atoms with van der Waals surface area (Å²) in [6, 6.07) is 18.2. The molecule has 30 heavy (non-hydrogen) atoms. The molecule has 0 saturated carbocycles. The molecule has 1 aliphatic heterocycles. The van der Waals surface area contributed by atoms with Crippen LogP contribution < -0.4 is 25.6 Å². The van der Waals surface area contributed by atoms with E-state index in [9.17, 15) is 0 Å². The highest BCUT2D eigenvalue weighted by atomic mass is 16.5. The summed E-state index contributed by atoms with van der Waals surface area (Å²) in [7, 11) is 0. The highest BCUT2D eigenvalue weighted by molar-refractivity contribution is 5.55. The lowest BCUT2D eigenvalue weighted by Gasteiger charge is -2.33. The van der Waals surface area contributed by atoms with E-state index in [1.165, 1.54) is 10.6 Å². The minimum absolute atomic E-state index is 0.232. The number of aromatic nitrogens is 3. The molecular formula is C22H28N7O+. The fraction of sp³-hybridized carbons (Fsp3) is 0.318. The molecule has 1 saturated heterocycles. The summed E-state index contributed by atoms with van der Waals surface area (Å²) in [6.07, 6.45) is 0. The number of nitrogen functional groups attached to an aromatic ring is 1.